The summed E-state index contributed by atoms with van der Waals surface area (Å²) in [6.07, 6.45) is 2.47. The molecule has 0 aromatic heterocycles. The Balaban J connectivity index is 1.51. The van der Waals surface area contributed by atoms with Gasteiger partial charge in [0.05, 0.1) is 4.75 Å². The normalized spacial score (nSPS) is 24.0. The molecule has 1 atom stereocenters. The number of hydrogen-bond donors (Lipinski definition) is 1. The highest BCUT2D eigenvalue weighted by Crippen LogP contribution is 2.30. The number of amides is 2. The van der Waals surface area contributed by atoms with Crippen LogP contribution in [0.4, 0.5) is 4.39 Å². The first-order chi connectivity index (χ1) is 11.9. The Labute approximate surface area is 152 Å². The average molecular weight is 364 g/mol. The number of carbonyl (C=O) groups excluding carboxylic acids is 2. The van der Waals surface area contributed by atoms with Gasteiger partial charge >= 0.3 is 0 Å². The minimum Gasteiger partial charge on any atom is -0.342 e. The van der Waals surface area contributed by atoms with Gasteiger partial charge in [0.25, 0.3) is 0 Å². The van der Waals surface area contributed by atoms with Crippen LogP contribution >= 0.6 is 11.8 Å². The van der Waals surface area contributed by atoms with E-state index < -0.39 is 10.8 Å². The lowest BCUT2D eigenvalue weighted by molar-refractivity contribution is -0.137. The Kier molecular flexibility index (Phi) is 5.37. The molecule has 4 nitrogen and oxygen atoms in total. The van der Waals surface area contributed by atoms with Gasteiger partial charge in [0.15, 0.2) is 0 Å². The molecule has 2 aliphatic rings. The number of halogens is 1. The summed E-state index contributed by atoms with van der Waals surface area (Å²) in [6.45, 7) is 5.11. The number of likely N-dealkylation sites (tertiary alicyclic amines) is 1. The monoisotopic (exact) mass is 364 g/mol. The average Bonchev–Trinajstić information content (AvgIpc) is 2.59. The smallest absolute Gasteiger partial charge is 0.246 e. The molecule has 2 saturated heterocycles. The minimum atomic E-state index is -0.469. The molecule has 0 bridgehead atoms. The highest BCUT2D eigenvalue weighted by molar-refractivity contribution is 8.01. The molecule has 0 spiro atoms. The SMILES string of the molecule is CC1(C)SC[C@H](C(=O)N2CCC(Cc3ccccc3F)CC2)NC1=O. The Morgan fingerprint density at radius 3 is 2.64 bits per heavy atom. The van der Waals surface area contributed by atoms with Crippen LogP contribution < -0.4 is 5.32 Å². The van der Waals surface area contributed by atoms with Crippen molar-refractivity contribution in [2.75, 3.05) is 18.8 Å². The summed E-state index contributed by atoms with van der Waals surface area (Å²) < 4.78 is 13.3. The van der Waals surface area contributed by atoms with Gasteiger partial charge in [-0.2, -0.15) is 0 Å². The van der Waals surface area contributed by atoms with Crippen LogP contribution in [0.25, 0.3) is 0 Å². The lowest BCUT2D eigenvalue weighted by atomic mass is 9.90. The Hall–Kier alpha value is -1.56. The number of nitrogens with zero attached hydrogens (tertiary/aromatic N) is 1. The minimum absolute atomic E-state index is 0.0145. The highest BCUT2D eigenvalue weighted by atomic mass is 32.2. The van der Waals surface area contributed by atoms with Crippen LogP contribution in [0, 0.1) is 11.7 Å². The third-order valence-corrected chi connectivity index (χ3v) is 6.56. The van der Waals surface area contributed by atoms with Crippen LogP contribution in [0.1, 0.15) is 32.3 Å². The van der Waals surface area contributed by atoms with Gasteiger partial charge in [-0.05, 0) is 50.7 Å². The van der Waals surface area contributed by atoms with Crippen LogP contribution in [-0.4, -0.2) is 46.3 Å². The van der Waals surface area contributed by atoms with Gasteiger partial charge in [0.2, 0.25) is 11.8 Å². The van der Waals surface area contributed by atoms with Crippen molar-refractivity contribution in [3.8, 4) is 0 Å². The summed E-state index contributed by atoms with van der Waals surface area (Å²) >= 11 is 1.53. The lowest BCUT2D eigenvalue weighted by Crippen LogP contribution is -2.58. The summed E-state index contributed by atoms with van der Waals surface area (Å²) in [5.41, 5.74) is 0.755. The maximum absolute atomic E-state index is 13.8. The lowest BCUT2D eigenvalue weighted by Gasteiger charge is -2.38. The standard InChI is InChI=1S/C19H25FN2O2S/c1-19(2)18(24)21-16(12-25-19)17(23)22-9-7-13(8-10-22)11-14-5-3-4-6-15(14)20/h3-6,13,16H,7-12H2,1-2H3,(H,21,24)/t16-/m1/s1. The van der Waals surface area contributed by atoms with Crippen molar-refractivity contribution in [3.05, 3.63) is 35.6 Å². The predicted molar refractivity (Wildman–Crippen MR) is 97.9 cm³/mol. The summed E-state index contributed by atoms with van der Waals surface area (Å²) in [4.78, 5) is 26.6. The molecular weight excluding hydrogens is 339 g/mol. The number of rotatable bonds is 3. The fraction of sp³-hybridized carbons (Fsp3) is 0.579. The summed E-state index contributed by atoms with van der Waals surface area (Å²) in [5, 5.41) is 2.86. The molecule has 136 valence electrons. The molecule has 1 aromatic rings. The van der Waals surface area contributed by atoms with E-state index >= 15 is 0 Å². The molecule has 1 aromatic carbocycles. The van der Waals surface area contributed by atoms with E-state index in [1.807, 2.05) is 30.9 Å². The maximum atomic E-state index is 13.8. The molecule has 0 aliphatic carbocycles. The van der Waals surface area contributed by atoms with E-state index in [0.29, 0.717) is 24.8 Å². The van der Waals surface area contributed by atoms with Gasteiger partial charge in [-0.3, -0.25) is 9.59 Å². The van der Waals surface area contributed by atoms with Crippen LogP contribution in [0.15, 0.2) is 24.3 Å². The molecule has 2 amide bonds. The van der Waals surface area contributed by atoms with Crippen LogP contribution in [0.5, 0.6) is 0 Å². The van der Waals surface area contributed by atoms with E-state index in [1.165, 1.54) is 17.8 Å². The quantitative estimate of drug-likeness (QED) is 0.897. The molecule has 25 heavy (non-hydrogen) atoms. The Bertz CT molecular complexity index is 657. The molecule has 1 N–H and O–H groups in total. The van der Waals surface area contributed by atoms with Crippen molar-refractivity contribution >= 4 is 23.6 Å². The van der Waals surface area contributed by atoms with Gasteiger partial charge in [0.1, 0.15) is 11.9 Å². The molecule has 0 unspecified atom stereocenters. The van der Waals surface area contributed by atoms with E-state index in [2.05, 4.69) is 5.32 Å². The second kappa shape index (κ2) is 7.36. The number of carbonyl (C=O) groups is 2. The van der Waals surface area contributed by atoms with Crippen molar-refractivity contribution in [1.82, 2.24) is 10.2 Å². The van der Waals surface area contributed by atoms with Gasteiger partial charge in [-0.15, -0.1) is 11.8 Å². The fourth-order valence-electron chi connectivity index (χ4n) is 3.42. The van der Waals surface area contributed by atoms with Gasteiger partial charge in [0, 0.05) is 18.8 Å². The van der Waals surface area contributed by atoms with Crippen molar-refractivity contribution in [2.24, 2.45) is 5.92 Å². The predicted octanol–water partition coefficient (Wildman–Crippen LogP) is 2.62. The second-order valence-electron chi connectivity index (χ2n) is 7.41. The zero-order valence-electron chi connectivity index (χ0n) is 14.8. The first-order valence-electron chi connectivity index (χ1n) is 8.84. The molecule has 2 heterocycles. The van der Waals surface area contributed by atoms with Crippen LogP contribution in [0.2, 0.25) is 0 Å². The largest absolute Gasteiger partial charge is 0.342 e. The molecule has 0 saturated carbocycles. The zero-order valence-corrected chi connectivity index (χ0v) is 15.6. The van der Waals surface area contributed by atoms with Crippen molar-refractivity contribution in [1.29, 1.82) is 0 Å². The first kappa shape index (κ1) is 18.2. The molecule has 0 radical (unpaired) electrons. The first-order valence-corrected chi connectivity index (χ1v) is 9.82. The molecular formula is C19H25FN2O2S. The van der Waals surface area contributed by atoms with Crippen LogP contribution in [-0.2, 0) is 16.0 Å². The molecule has 2 fully saturated rings. The van der Waals surface area contributed by atoms with E-state index in [1.54, 1.807) is 6.07 Å². The number of hydrogen-bond acceptors (Lipinski definition) is 3. The number of benzene rings is 1. The fourth-order valence-corrected chi connectivity index (χ4v) is 4.42. The van der Waals surface area contributed by atoms with E-state index in [0.717, 1.165) is 24.8 Å². The van der Waals surface area contributed by atoms with Crippen molar-refractivity contribution in [2.45, 2.75) is 43.9 Å². The Morgan fingerprint density at radius 1 is 1.32 bits per heavy atom. The zero-order chi connectivity index (χ0) is 18.0. The summed E-state index contributed by atoms with van der Waals surface area (Å²) in [7, 11) is 0. The maximum Gasteiger partial charge on any atom is 0.246 e. The third-order valence-electron chi connectivity index (χ3n) is 5.15. The van der Waals surface area contributed by atoms with Crippen molar-refractivity contribution < 1.29 is 14.0 Å². The van der Waals surface area contributed by atoms with Crippen LogP contribution in [0.3, 0.4) is 0 Å². The summed E-state index contributed by atoms with van der Waals surface area (Å²) in [5.74, 6) is 0.810. The van der Waals surface area contributed by atoms with E-state index in [-0.39, 0.29) is 17.6 Å². The molecule has 3 rings (SSSR count). The number of nitrogens with one attached hydrogen (secondary N) is 1. The molecule has 2 aliphatic heterocycles. The van der Waals surface area contributed by atoms with Crippen molar-refractivity contribution in [3.63, 3.8) is 0 Å². The van der Waals surface area contributed by atoms with E-state index in [9.17, 15) is 14.0 Å². The highest BCUT2D eigenvalue weighted by Gasteiger charge is 2.39. The van der Waals surface area contributed by atoms with Gasteiger partial charge in [-0.25, -0.2) is 4.39 Å². The Morgan fingerprint density at radius 2 is 2.00 bits per heavy atom. The number of piperidine rings is 1. The third kappa shape index (κ3) is 4.17. The summed E-state index contributed by atoms with van der Waals surface area (Å²) in [6, 6.07) is 6.48. The number of thioether (sulfide) groups is 1. The molecule has 6 heteroatoms. The van der Waals surface area contributed by atoms with Gasteiger partial charge in [-0.1, -0.05) is 18.2 Å². The van der Waals surface area contributed by atoms with E-state index in [4.69, 9.17) is 0 Å². The second-order valence-corrected chi connectivity index (χ2v) is 9.05. The van der Waals surface area contributed by atoms with Gasteiger partial charge < -0.3 is 10.2 Å². The topological polar surface area (TPSA) is 49.4 Å².